The Bertz CT molecular complexity index is 338. The summed E-state index contributed by atoms with van der Waals surface area (Å²) in [6.07, 6.45) is 1.87. The molecular formula is C13H16O2. The maximum atomic E-state index is 11.4. The van der Waals surface area contributed by atoms with Crippen molar-refractivity contribution in [2.24, 2.45) is 0 Å². The van der Waals surface area contributed by atoms with E-state index < -0.39 is 0 Å². The molecule has 2 heteroatoms. The Balaban J connectivity index is 2.80. The molecule has 1 atom stereocenters. The van der Waals surface area contributed by atoms with E-state index in [4.69, 9.17) is 4.74 Å². The molecule has 1 rings (SSSR count). The molecule has 80 valence electrons. The molecule has 0 heterocycles. The molecule has 2 nitrogen and oxygen atoms in total. The van der Waals surface area contributed by atoms with Crippen LogP contribution in [-0.4, -0.2) is 12.6 Å². The highest BCUT2D eigenvalue weighted by atomic mass is 16.5. The van der Waals surface area contributed by atoms with Gasteiger partial charge in [-0.05, 0) is 30.5 Å². The number of rotatable bonds is 4. The Hall–Kier alpha value is -1.57. The second kappa shape index (κ2) is 5.35. The van der Waals surface area contributed by atoms with E-state index in [-0.39, 0.29) is 5.97 Å². The van der Waals surface area contributed by atoms with E-state index in [2.05, 4.69) is 13.5 Å². The number of allylic oxidation sites excluding steroid dienone is 1. The van der Waals surface area contributed by atoms with Crippen LogP contribution >= 0.6 is 0 Å². The first kappa shape index (κ1) is 11.5. The number of benzene rings is 1. The molecule has 0 spiro atoms. The van der Waals surface area contributed by atoms with Gasteiger partial charge in [-0.1, -0.05) is 25.1 Å². The van der Waals surface area contributed by atoms with Crippen LogP contribution < -0.4 is 0 Å². The summed E-state index contributed by atoms with van der Waals surface area (Å²) in [6, 6.07) is 7.43. The van der Waals surface area contributed by atoms with E-state index in [1.807, 2.05) is 18.2 Å². The van der Waals surface area contributed by atoms with Gasteiger partial charge in [-0.25, -0.2) is 4.79 Å². The molecule has 0 aromatic heterocycles. The van der Waals surface area contributed by atoms with Gasteiger partial charge < -0.3 is 4.74 Å². The van der Waals surface area contributed by atoms with Crippen molar-refractivity contribution in [3.05, 3.63) is 48.0 Å². The van der Waals surface area contributed by atoms with Crippen molar-refractivity contribution >= 4 is 5.97 Å². The van der Waals surface area contributed by atoms with Gasteiger partial charge in [0, 0.05) is 0 Å². The SMILES string of the molecule is C=CC(C)c1ccc(C(=O)OCC)cc1. The van der Waals surface area contributed by atoms with E-state index in [9.17, 15) is 4.79 Å². The van der Waals surface area contributed by atoms with Crippen LogP contribution in [0.15, 0.2) is 36.9 Å². The minimum absolute atomic E-state index is 0.268. The largest absolute Gasteiger partial charge is 0.462 e. The van der Waals surface area contributed by atoms with E-state index in [0.29, 0.717) is 18.1 Å². The smallest absolute Gasteiger partial charge is 0.338 e. The molecule has 1 aromatic carbocycles. The molecule has 15 heavy (non-hydrogen) atoms. The number of carbonyl (C=O) groups is 1. The van der Waals surface area contributed by atoms with Crippen LogP contribution in [0.1, 0.15) is 35.7 Å². The first-order chi connectivity index (χ1) is 7.19. The molecule has 0 radical (unpaired) electrons. The maximum Gasteiger partial charge on any atom is 0.338 e. The number of carbonyl (C=O) groups excluding carboxylic acids is 1. The third-order valence-electron chi connectivity index (χ3n) is 2.30. The summed E-state index contributed by atoms with van der Waals surface area (Å²) >= 11 is 0. The molecule has 1 unspecified atom stereocenters. The van der Waals surface area contributed by atoms with Crippen LogP contribution in [0.3, 0.4) is 0 Å². The third kappa shape index (κ3) is 2.94. The summed E-state index contributed by atoms with van der Waals surface area (Å²) < 4.78 is 4.90. The zero-order valence-corrected chi connectivity index (χ0v) is 9.19. The van der Waals surface area contributed by atoms with Gasteiger partial charge >= 0.3 is 5.97 Å². The highest BCUT2D eigenvalue weighted by Crippen LogP contribution is 2.16. The van der Waals surface area contributed by atoms with Crippen LogP contribution in [0.25, 0.3) is 0 Å². The minimum atomic E-state index is -0.268. The molecule has 0 bridgehead atoms. The lowest BCUT2D eigenvalue weighted by Crippen LogP contribution is -2.04. The van der Waals surface area contributed by atoms with Gasteiger partial charge in [-0.2, -0.15) is 0 Å². The van der Waals surface area contributed by atoms with E-state index in [1.54, 1.807) is 19.1 Å². The Morgan fingerprint density at radius 3 is 2.53 bits per heavy atom. The van der Waals surface area contributed by atoms with E-state index >= 15 is 0 Å². The van der Waals surface area contributed by atoms with Gasteiger partial charge in [0.2, 0.25) is 0 Å². The summed E-state index contributed by atoms with van der Waals surface area (Å²) in [5, 5.41) is 0. The van der Waals surface area contributed by atoms with Gasteiger partial charge in [0.25, 0.3) is 0 Å². The van der Waals surface area contributed by atoms with Crippen molar-refractivity contribution in [3.8, 4) is 0 Å². The fourth-order valence-corrected chi connectivity index (χ4v) is 1.27. The number of hydrogen-bond acceptors (Lipinski definition) is 2. The molecular weight excluding hydrogens is 188 g/mol. The van der Waals surface area contributed by atoms with Crippen LogP contribution in [0, 0.1) is 0 Å². The monoisotopic (exact) mass is 204 g/mol. The Morgan fingerprint density at radius 2 is 2.07 bits per heavy atom. The minimum Gasteiger partial charge on any atom is -0.462 e. The van der Waals surface area contributed by atoms with E-state index in [0.717, 1.165) is 5.56 Å². The molecule has 0 N–H and O–H groups in total. The van der Waals surface area contributed by atoms with Crippen LogP contribution in [0.5, 0.6) is 0 Å². The topological polar surface area (TPSA) is 26.3 Å². The lowest BCUT2D eigenvalue weighted by atomic mass is 10.0. The summed E-state index contributed by atoms with van der Waals surface area (Å²) in [5.41, 5.74) is 1.75. The molecule has 0 saturated heterocycles. The van der Waals surface area contributed by atoms with Gasteiger partial charge in [0.15, 0.2) is 0 Å². The van der Waals surface area contributed by atoms with Crippen LogP contribution in [0.2, 0.25) is 0 Å². The molecule has 0 fully saturated rings. The summed E-state index contributed by atoms with van der Waals surface area (Å²) in [4.78, 5) is 11.4. The first-order valence-corrected chi connectivity index (χ1v) is 5.08. The molecule has 0 saturated carbocycles. The summed E-state index contributed by atoms with van der Waals surface area (Å²) in [6.45, 7) is 8.00. The second-order valence-corrected chi connectivity index (χ2v) is 3.37. The lowest BCUT2D eigenvalue weighted by molar-refractivity contribution is 0.0526. The average molecular weight is 204 g/mol. The molecule has 0 aliphatic rings. The molecule has 1 aromatic rings. The zero-order valence-electron chi connectivity index (χ0n) is 9.19. The molecule has 0 aliphatic carbocycles. The fourth-order valence-electron chi connectivity index (χ4n) is 1.27. The quantitative estimate of drug-likeness (QED) is 0.556. The molecule has 0 aliphatic heterocycles. The van der Waals surface area contributed by atoms with Gasteiger partial charge in [0.1, 0.15) is 0 Å². The van der Waals surface area contributed by atoms with Crippen molar-refractivity contribution < 1.29 is 9.53 Å². The maximum absolute atomic E-state index is 11.4. The van der Waals surface area contributed by atoms with Crippen molar-refractivity contribution in [1.82, 2.24) is 0 Å². The predicted octanol–water partition coefficient (Wildman–Crippen LogP) is 3.15. The van der Waals surface area contributed by atoms with Crippen molar-refractivity contribution in [1.29, 1.82) is 0 Å². The van der Waals surface area contributed by atoms with Crippen LogP contribution in [-0.2, 0) is 4.74 Å². The van der Waals surface area contributed by atoms with Crippen molar-refractivity contribution in [2.75, 3.05) is 6.61 Å². The van der Waals surface area contributed by atoms with Gasteiger partial charge in [-0.15, -0.1) is 6.58 Å². The molecule has 0 amide bonds. The van der Waals surface area contributed by atoms with Gasteiger partial charge in [-0.3, -0.25) is 0 Å². The van der Waals surface area contributed by atoms with Crippen molar-refractivity contribution in [2.45, 2.75) is 19.8 Å². The van der Waals surface area contributed by atoms with Crippen LogP contribution in [0.4, 0.5) is 0 Å². The Kier molecular flexibility index (Phi) is 4.10. The Morgan fingerprint density at radius 1 is 1.47 bits per heavy atom. The van der Waals surface area contributed by atoms with Crippen molar-refractivity contribution in [3.63, 3.8) is 0 Å². The van der Waals surface area contributed by atoms with Gasteiger partial charge in [0.05, 0.1) is 12.2 Å². The zero-order chi connectivity index (χ0) is 11.3. The first-order valence-electron chi connectivity index (χ1n) is 5.08. The fraction of sp³-hybridized carbons (Fsp3) is 0.308. The van der Waals surface area contributed by atoms with E-state index in [1.165, 1.54) is 0 Å². The standard InChI is InChI=1S/C13H16O2/c1-4-10(3)11-6-8-12(9-7-11)13(14)15-5-2/h4,6-10H,1,5H2,2-3H3. The third-order valence-corrected chi connectivity index (χ3v) is 2.30. The number of esters is 1. The average Bonchev–Trinajstić information content (AvgIpc) is 2.28. The Labute approximate surface area is 90.6 Å². The normalized spacial score (nSPS) is 11.9. The highest BCUT2D eigenvalue weighted by Gasteiger charge is 2.06. The predicted molar refractivity (Wildman–Crippen MR) is 61.0 cm³/mol. The number of ether oxygens (including phenoxy) is 1. The number of hydrogen-bond donors (Lipinski definition) is 0. The highest BCUT2D eigenvalue weighted by molar-refractivity contribution is 5.89. The lowest BCUT2D eigenvalue weighted by Gasteiger charge is -2.07. The summed E-state index contributed by atoms with van der Waals surface area (Å²) in [5.74, 6) is 0.0385. The second-order valence-electron chi connectivity index (χ2n) is 3.37. The summed E-state index contributed by atoms with van der Waals surface area (Å²) in [7, 11) is 0.